The van der Waals surface area contributed by atoms with Gasteiger partial charge in [-0.2, -0.15) is 0 Å². The number of hydrogen-bond donors (Lipinski definition) is 2. The summed E-state index contributed by atoms with van der Waals surface area (Å²) in [6.07, 6.45) is 5.40. The fourth-order valence-corrected chi connectivity index (χ4v) is 4.33. The van der Waals surface area contributed by atoms with Crippen LogP contribution < -0.4 is 10.0 Å². The van der Waals surface area contributed by atoms with Crippen molar-refractivity contribution in [3.05, 3.63) is 29.8 Å². The zero-order valence-electron chi connectivity index (χ0n) is 12.9. The van der Waals surface area contributed by atoms with Gasteiger partial charge in [-0.1, -0.05) is 38.3 Å². The minimum absolute atomic E-state index is 0.0886. The average molecular weight is 310 g/mol. The van der Waals surface area contributed by atoms with Gasteiger partial charge in [-0.25, -0.2) is 13.1 Å². The highest BCUT2D eigenvalue weighted by Gasteiger charge is 2.25. The number of nitrogens with one attached hydrogen (secondary N) is 2. The van der Waals surface area contributed by atoms with Gasteiger partial charge in [0.05, 0.1) is 4.90 Å². The van der Waals surface area contributed by atoms with E-state index in [9.17, 15) is 8.42 Å². The van der Waals surface area contributed by atoms with E-state index in [1.54, 1.807) is 12.1 Å². The molecule has 0 radical (unpaired) electrons. The Bertz CT molecular complexity index is 540. The smallest absolute Gasteiger partial charge is 0.240 e. The fraction of sp³-hybridized carbons (Fsp3) is 0.625. The van der Waals surface area contributed by atoms with Gasteiger partial charge >= 0.3 is 0 Å². The zero-order valence-corrected chi connectivity index (χ0v) is 13.7. The quantitative estimate of drug-likeness (QED) is 0.849. The molecule has 118 valence electrons. The lowest BCUT2D eigenvalue weighted by atomic mass is 9.85. The summed E-state index contributed by atoms with van der Waals surface area (Å²) >= 11 is 0. The predicted octanol–water partition coefficient (Wildman–Crippen LogP) is 2.65. The van der Waals surface area contributed by atoms with Gasteiger partial charge in [0.1, 0.15) is 0 Å². The van der Waals surface area contributed by atoms with Gasteiger partial charge in [-0.3, -0.25) is 0 Å². The minimum atomic E-state index is -3.39. The third-order valence-electron chi connectivity index (χ3n) is 4.30. The SMILES string of the molecule is CCC1CCCC(NS(=O)(=O)c2ccc(CNC)cc2)C1. The molecule has 1 aromatic carbocycles. The molecule has 2 atom stereocenters. The summed E-state index contributed by atoms with van der Waals surface area (Å²) < 4.78 is 27.8. The molecule has 2 rings (SSSR count). The summed E-state index contributed by atoms with van der Waals surface area (Å²) in [7, 11) is -1.52. The molecule has 2 N–H and O–H groups in total. The second kappa shape index (κ2) is 7.38. The van der Waals surface area contributed by atoms with Gasteiger partial charge in [-0.15, -0.1) is 0 Å². The third kappa shape index (κ3) is 4.53. The molecule has 0 heterocycles. The molecule has 1 saturated carbocycles. The molecule has 5 heteroatoms. The van der Waals surface area contributed by atoms with Crippen LogP contribution in [0, 0.1) is 5.92 Å². The van der Waals surface area contributed by atoms with Crippen LogP contribution in [-0.2, 0) is 16.6 Å². The number of hydrogen-bond acceptors (Lipinski definition) is 3. The lowest BCUT2D eigenvalue weighted by molar-refractivity contribution is 0.301. The van der Waals surface area contributed by atoms with E-state index in [-0.39, 0.29) is 6.04 Å². The normalized spacial score (nSPS) is 23.1. The summed E-state index contributed by atoms with van der Waals surface area (Å²) in [5.74, 6) is 0.657. The molecule has 21 heavy (non-hydrogen) atoms. The number of benzene rings is 1. The molecule has 0 aromatic heterocycles. The molecule has 0 aliphatic heterocycles. The van der Waals surface area contributed by atoms with Crippen LogP contribution in [0.5, 0.6) is 0 Å². The molecule has 0 bridgehead atoms. The van der Waals surface area contributed by atoms with E-state index < -0.39 is 10.0 Å². The highest BCUT2D eigenvalue weighted by Crippen LogP contribution is 2.27. The number of sulfonamides is 1. The predicted molar refractivity (Wildman–Crippen MR) is 85.6 cm³/mol. The molecule has 1 fully saturated rings. The van der Waals surface area contributed by atoms with Crippen LogP contribution in [0.4, 0.5) is 0 Å². The van der Waals surface area contributed by atoms with Gasteiger partial charge in [0.15, 0.2) is 0 Å². The summed E-state index contributed by atoms with van der Waals surface area (Å²) in [6, 6.07) is 7.19. The van der Waals surface area contributed by atoms with Crippen molar-refractivity contribution >= 4 is 10.0 Å². The molecule has 1 aliphatic rings. The maximum atomic E-state index is 12.4. The first-order valence-corrected chi connectivity index (χ1v) is 9.29. The Morgan fingerprint density at radius 2 is 1.90 bits per heavy atom. The fourth-order valence-electron chi connectivity index (χ4n) is 3.05. The lowest BCUT2D eigenvalue weighted by Gasteiger charge is -2.28. The summed E-state index contributed by atoms with van der Waals surface area (Å²) in [5.41, 5.74) is 1.08. The average Bonchev–Trinajstić information content (AvgIpc) is 2.48. The minimum Gasteiger partial charge on any atom is -0.316 e. The highest BCUT2D eigenvalue weighted by molar-refractivity contribution is 7.89. The lowest BCUT2D eigenvalue weighted by Crippen LogP contribution is -2.38. The van der Waals surface area contributed by atoms with Crippen LogP contribution in [0.25, 0.3) is 0 Å². The van der Waals surface area contributed by atoms with Crippen molar-refractivity contribution in [1.29, 1.82) is 0 Å². The Kier molecular flexibility index (Phi) is 5.79. The second-order valence-corrected chi connectivity index (χ2v) is 7.65. The van der Waals surface area contributed by atoms with Crippen LogP contribution in [-0.4, -0.2) is 21.5 Å². The largest absolute Gasteiger partial charge is 0.316 e. The van der Waals surface area contributed by atoms with E-state index in [1.807, 2.05) is 19.2 Å². The molecular weight excluding hydrogens is 284 g/mol. The Labute approximate surface area is 128 Å². The van der Waals surface area contributed by atoms with E-state index in [0.29, 0.717) is 10.8 Å². The zero-order chi connectivity index (χ0) is 15.3. The van der Waals surface area contributed by atoms with Crippen LogP contribution in [0.1, 0.15) is 44.6 Å². The van der Waals surface area contributed by atoms with Crippen molar-refractivity contribution in [2.24, 2.45) is 5.92 Å². The van der Waals surface area contributed by atoms with Crippen molar-refractivity contribution in [3.63, 3.8) is 0 Å². The first-order chi connectivity index (χ1) is 10.0. The van der Waals surface area contributed by atoms with Gasteiger partial charge < -0.3 is 5.32 Å². The first-order valence-electron chi connectivity index (χ1n) is 7.81. The van der Waals surface area contributed by atoms with E-state index in [0.717, 1.165) is 37.8 Å². The van der Waals surface area contributed by atoms with E-state index in [2.05, 4.69) is 17.0 Å². The molecule has 0 spiro atoms. The van der Waals surface area contributed by atoms with Gasteiger partial charge in [0, 0.05) is 12.6 Å². The van der Waals surface area contributed by atoms with Crippen LogP contribution in [0.2, 0.25) is 0 Å². The van der Waals surface area contributed by atoms with E-state index in [4.69, 9.17) is 0 Å². The summed E-state index contributed by atoms with van der Waals surface area (Å²) in [4.78, 5) is 0.362. The van der Waals surface area contributed by atoms with E-state index >= 15 is 0 Å². The summed E-state index contributed by atoms with van der Waals surface area (Å²) in [5, 5.41) is 3.05. The van der Waals surface area contributed by atoms with Crippen molar-refractivity contribution in [2.45, 2.75) is 56.5 Å². The molecular formula is C16H26N2O2S. The topological polar surface area (TPSA) is 58.2 Å². The van der Waals surface area contributed by atoms with Gasteiger partial charge in [-0.05, 0) is 43.5 Å². The van der Waals surface area contributed by atoms with Crippen molar-refractivity contribution in [3.8, 4) is 0 Å². The van der Waals surface area contributed by atoms with Crippen LogP contribution in [0.15, 0.2) is 29.2 Å². The van der Waals surface area contributed by atoms with Crippen LogP contribution >= 0.6 is 0 Å². The van der Waals surface area contributed by atoms with Crippen molar-refractivity contribution < 1.29 is 8.42 Å². The molecule has 0 saturated heterocycles. The summed E-state index contributed by atoms with van der Waals surface area (Å²) in [6.45, 7) is 2.93. The Balaban J connectivity index is 2.03. The molecule has 0 amide bonds. The Hall–Kier alpha value is -0.910. The van der Waals surface area contributed by atoms with Gasteiger partial charge in [0.25, 0.3) is 0 Å². The monoisotopic (exact) mass is 310 g/mol. The molecule has 1 aliphatic carbocycles. The highest BCUT2D eigenvalue weighted by atomic mass is 32.2. The first kappa shape index (κ1) is 16.5. The third-order valence-corrected chi connectivity index (χ3v) is 5.83. The second-order valence-electron chi connectivity index (χ2n) is 5.93. The van der Waals surface area contributed by atoms with Crippen molar-refractivity contribution in [2.75, 3.05) is 7.05 Å². The Morgan fingerprint density at radius 3 is 2.52 bits per heavy atom. The Morgan fingerprint density at radius 1 is 1.19 bits per heavy atom. The van der Waals surface area contributed by atoms with Crippen molar-refractivity contribution in [1.82, 2.24) is 10.0 Å². The number of rotatable bonds is 6. The molecule has 4 nitrogen and oxygen atoms in total. The molecule has 1 aromatic rings. The van der Waals surface area contributed by atoms with E-state index in [1.165, 1.54) is 6.42 Å². The maximum absolute atomic E-state index is 12.4. The van der Waals surface area contributed by atoms with Gasteiger partial charge in [0.2, 0.25) is 10.0 Å². The van der Waals surface area contributed by atoms with Crippen LogP contribution in [0.3, 0.4) is 0 Å². The maximum Gasteiger partial charge on any atom is 0.240 e. The standard InChI is InChI=1S/C16H26N2O2S/c1-3-13-5-4-6-15(11-13)18-21(19,20)16-9-7-14(8-10-16)12-17-2/h7-10,13,15,17-18H,3-6,11-12H2,1-2H3. The molecule has 2 unspecified atom stereocenters.